The second-order valence-electron chi connectivity index (χ2n) is 7.66. The van der Waals surface area contributed by atoms with Gasteiger partial charge in [0, 0.05) is 44.4 Å². The number of ether oxygens (including phenoxy) is 1. The fourth-order valence-corrected chi connectivity index (χ4v) is 4.35. The lowest BCUT2D eigenvalue weighted by Crippen LogP contribution is -2.08. The number of benzene rings is 3. The molecule has 1 aliphatic rings. The van der Waals surface area contributed by atoms with E-state index < -0.39 is 0 Å². The van der Waals surface area contributed by atoms with Gasteiger partial charge < -0.3 is 9.15 Å². The van der Waals surface area contributed by atoms with Gasteiger partial charge in [-0.3, -0.25) is 9.78 Å². The average Bonchev–Trinajstić information content (AvgIpc) is 3.23. The zero-order valence-electron chi connectivity index (χ0n) is 16.8. The van der Waals surface area contributed by atoms with E-state index in [4.69, 9.17) is 25.7 Å². The number of hydrogen-bond acceptors (Lipinski definition) is 4. The lowest BCUT2D eigenvalue weighted by atomic mass is 9.95. The molecule has 0 aliphatic carbocycles. The minimum absolute atomic E-state index is 0.164. The van der Waals surface area contributed by atoms with Crippen molar-refractivity contribution in [3.8, 4) is 28.1 Å². The van der Waals surface area contributed by atoms with Gasteiger partial charge in [-0.05, 0) is 30.3 Å². The number of ketones is 1. The number of aromatic nitrogens is 1. The van der Waals surface area contributed by atoms with Crippen LogP contribution in [0, 0.1) is 0 Å². The summed E-state index contributed by atoms with van der Waals surface area (Å²) in [6, 6.07) is 24.4. The first-order valence-corrected chi connectivity index (χ1v) is 10.6. The minimum Gasteiger partial charge on any atom is -0.488 e. The molecule has 0 bridgehead atoms. The molecule has 0 atom stereocenters. The molecule has 4 nitrogen and oxygen atoms in total. The molecule has 0 saturated heterocycles. The van der Waals surface area contributed by atoms with Crippen molar-refractivity contribution in [1.29, 1.82) is 0 Å². The van der Waals surface area contributed by atoms with Crippen LogP contribution in [0.1, 0.15) is 21.7 Å². The van der Waals surface area contributed by atoms with E-state index in [1.165, 1.54) is 0 Å². The number of carbonyl (C=O) groups is 1. The van der Waals surface area contributed by atoms with E-state index in [9.17, 15) is 4.79 Å². The molecule has 6 rings (SSSR count). The van der Waals surface area contributed by atoms with Gasteiger partial charge in [0.1, 0.15) is 17.9 Å². The minimum atomic E-state index is -0.164. The second-order valence-corrected chi connectivity index (χ2v) is 8.09. The molecule has 0 saturated carbocycles. The Morgan fingerprint density at radius 2 is 1.75 bits per heavy atom. The van der Waals surface area contributed by atoms with E-state index in [2.05, 4.69) is 0 Å². The molecule has 0 radical (unpaired) electrons. The average molecular weight is 438 g/mol. The number of pyridine rings is 1. The number of rotatable bonds is 3. The lowest BCUT2D eigenvalue weighted by Gasteiger charge is -2.20. The summed E-state index contributed by atoms with van der Waals surface area (Å²) in [5.74, 6) is 0.901. The number of furan rings is 1. The van der Waals surface area contributed by atoms with Crippen molar-refractivity contribution in [3.63, 3.8) is 0 Å². The fraction of sp³-hybridized carbons (Fsp3) is 0.0370. The summed E-state index contributed by atoms with van der Waals surface area (Å²) in [4.78, 5) is 18.1. The van der Waals surface area contributed by atoms with Crippen LogP contribution in [0.25, 0.3) is 33.4 Å². The molecule has 0 N–H and O–H groups in total. The highest BCUT2D eigenvalue weighted by molar-refractivity contribution is 6.31. The third-order valence-corrected chi connectivity index (χ3v) is 5.91. The van der Waals surface area contributed by atoms with Crippen LogP contribution in [0.2, 0.25) is 5.02 Å². The lowest BCUT2D eigenvalue weighted by molar-refractivity contribution is 0.101. The van der Waals surface area contributed by atoms with Gasteiger partial charge in [-0.2, -0.15) is 0 Å². The van der Waals surface area contributed by atoms with Gasteiger partial charge in [-0.15, -0.1) is 0 Å². The predicted molar refractivity (Wildman–Crippen MR) is 124 cm³/mol. The van der Waals surface area contributed by atoms with Gasteiger partial charge in [0.15, 0.2) is 5.76 Å². The topological polar surface area (TPSA) is 52.3 Å². The van der Waals surface area contributed by atoms with Crippen molar-refractivity contribution in [2.45, 2.75) is 6.61 Å². The highest BCUT2D eigenvalue weighted by atomic mass is 35.5. The van der Waals surface area contributed by atoms with E-state index in [0.29, 0.717) is 28.5 Å². The van der Waals surface area contributed by atoms with Crippen molar-refractivity contribution < 1.29 is 13.9 Å². The van der Waals surface area contributed by atoms with Crippen LogP contribution in [0.4, 0.5) is 0 Å². The van der Waals surface area contributed by atoms with E-state index in [1.807, 2.05) is 60.7 Å². The quantitative estimate of drug-likeness (QED) is 0.287. The summed E-state index contributed by atoms with van der Waals surface area (Å²) < 4.78 is 12.0. The smallest absolute Gasteiger partial charge is 0.228 e. The van der Waals surface area contributed by atoms with E-state index >= 15 is 0 Å². The third kappa shape index (κ3) is 3.00. The van der Waals surface area contributed by atoms with Gasteiger partial charge >= 0.3 is 0 Å². The van der Waals surface area contributed by atoms with Crippen LogP contribution in [-0.2, 0) is 6.61 Å². The van der Waals surface area contributed by atoms with Gasteiger partial charge in [0.2, 0.25) is 5.78 Å². The highest BCUT2D eigenvalue weighted by Crippen LogP contribution is 2.41. The molecule has 2 aromatic heterocycles. The Balaban J connectivity index is 1.54. The first kappa shape index (κ1) is 18.8. The zero-order valence-corrected chi connectivity index (χ0v) is 17.6. The molecule has 0 fully saturated rings. The van der Waals surface area contributed by atoms with Gasteiger partial charge in [-0.1, -0.05) is 60.1 Å². The molecule has 154 valence electrons. The van der Waals surface area contributed by atoms with E-state index in [1.54, 1.807) is 24.4 Å². The second kappa shape index (κ2) is 7.36. The molecule has 3 aromatic carbocycles. The standard InChI is InChI=1S/C27H16ClNO3/c28-19-10-11-22-21(13-19)25-18(15-31-22)12-17(14-29-25)24-20-8-4-5-9-23(20)32-27(24)26(30)16-6-2-1-3-7-16/h1-14H,15H2. The van der Waals surface area contributed by atoms with Crippen LogP contribution in [0.5, 0.6) is 5.75 Å². The molecular formula is C27H16ClNO3. The Bertz CT molecular complexity index is 1500. The van der Waals surface area contributed by atoms with Crippen LogP contribution in [-0.4, -0.2) is 10.8 Å². The summed E-state index contributed by atoms with van der Waals surface area (Å²) in [5.41, 5.74) is 5.41. The Morgan fingerprint density at radius 3 is 2.62 bits per heavy atom. The van der Waals surface area contributed by atoms with Crippen LogP contribution in [0.15, 0.2) is 89.5 Å². The zero-order chi connectivity index (χ0) is 21.7. The summed E-state index contributed by atoms with van der Waals surface area (Å²) >= 11 is 6.20. The number of hydrogen-bond donors (Lipinski definition) is 0. The molecule has 3 heterocycles. The molecule has 0 amide bonds. The molecule has 5 heteroatoms. The molecular weight excluding hydrogens is 422 g/mol. The third-order valence-electron chi connectivity index (χ3n) is 5.67. The van der Waals surface area contributed by atoms with Gasteiger partial charge in [0.05, 0.1) is 5.69 Å². The maximum Gasteiger partial charge on any atom is 0.228 e. The summed E-state index contributed by atoms with van der Waals surface area (Å²) in [6.07, 6.45) is 1.79. The van der Waals surface area contributed by atoms with E-state index in [0.717, 1.165) is 39.1 Å². The Morgan fingerprint density at radius 1 is 0.938 bits per heavy atom. The maximum absolute atomic E-state index is 13.3. The van der Waals surface area contributed by atoms with Crippen molar-refractivity contribution >= 4 is 28.4 Å². The van der Waals surface area contributed by atoms with Crippen molar-refractivity contribution in [2.24, 2.45) is 0 Å². The Kier molecular flexibility index (Phi) is 4.33. The van der Waals surface area contributed by atoms with Crippen molar-refractivity contribution in [2.75, 3.05) is 0 Å². The van der Waals surface area contributed by atoms with Crippen molar-refractivity contribution in [1.82, 2.24) is 4.98 Å². The van der Waals surface area contributed by atoms with Crippen LogP contribution in [0.3, 0.4) is 0 Å². The van der Waals surface area contributed by atoms with Gasteiger partial charge in [-0.25, -0.2) is 0 Å². The van der Waals surface area contributed by atoms with Gasteiger partial charge in [0.25, 0.3) is 0 Å². The highest BCUT2D eigenvalue weighted by Gasteiger charge is 2.25. The first-order chi connectivity index (χ1) is 15.7. The van der Waals surface area contributed by atoms with Crippen molar-refractivity contribution in [3.05, 3.63) is 107 Å². The van der Waals surface area contributed by atoms with Crippen LogP contribution >= 0.6 is 11.6 Å². The molecule has 5 aromatic rings. The number of nitrogens with zero attached hydrogens (tertiary/aromatic N) is 1. The number of carbonyl (C=O) groups excluding carboxylic acids is 1. The molecule has 0 spiro atoms. The summed E-state index contributed by atoms with van der Waals surface area (Å²) in [7, 11) is 0. The normalized spacial score (nSPS) is 12.2. The molecule has 0 unspecified atom stereocenters. The van der Waals surface area contributed by atoms with E-state index in [-0.39, 0.29) is 5.78 Å². The number of halogens is 1. The van der Waals surface area contributed by atoms with Crippen LogP contribution < -0.4 is 4.74 Å². The fourth-order valence-electron chi connectivity index (χ4n) is 4.18. The summed E-state index contributed by atoms with van der Waals surface area (Å²) in [5, 5.41) is 1.50. The number of fused-ring (bicyclic) bond motifs is 4. The summed E-state index contributed by atoms with van der Waals surface area (Å²) in [6.45, 7) is 0.391. The Hall–Kier alpha value is -3.89. The molecule has 1 aliphatic heterocycles. The monoisotopic (exact) mass is 437 g/mol. The number of para-hydroxylation sites is 1. The predicted octanol–water partition coefficient (Wildman–Crippen LogP) is 6.94. The Labute approximate surface area is 189 Å². The first-order valence-electron chi connectivity index (χ1n) is 10.2. The molecule has 32 heavy (non-hydrogen) atoms. The maximum atomic E-state index is 13.3. The SMILES string of the molecule is O=C(c1ccccc1)c1oc2ccccc2c1-c1cnc2c(c1)COc1ccc(Cl)cc1-2. The largest absolute Gasteiger partial charge is 0.488 e.